The second-order valence-corrected chi connectivity index (χ2v) is 7.78. The zero-order chi connectivity index (χ0) is 21.1. The van der Waals surface area contributed by atoms with Gasteiger partial charge in [0.1, 0.15) is 29.5 Å². The van der Waals surface area contributed by atoms with Crippen LogP contribution >= 0.6 is 15.9 Å². The molecule has 0 fully saturated rings. The number of aromatic hydroxyl groups is 1. The van der Waals surface area contributed by atoms with Crippen LogP contribution < -0.4 is 9.47 Å². The number of para-hydroxylation sites is 1. The van der Waals surface area contributed by atoms with Gasteiger partial charge in [0, 0.05) is 32.9 Å². The summed E-state index contributed by atoms with van der Waals surface area (Å²) in [7, 11) is 1.64. The number of halogens is 1. The van der Waals surface area contributed by atoms with Crippen molar-refractivity contribution in [3.63, 3.8) is 0 Å². The number of phenolic OH excluding ortho intramolecular Hbond substituents is 1. The van der Waals surface area contributed by atoms with E-state index in [2.05, 4.69) is 26.1 Å². The molecule has 0 aliphatic carbocycles. The van der Waals surface area contributed by atoms with Crippen molar-refractivity contribution in [2.75, 3.05) is 7.11 Å². The summed E-state index contributed by atoms with van der Waals surface area (Å²) in [5.41, 5.74) is 5.03. The first-order valence-electron chi connectivity index (χ1n) is 9.46. The summed E-state index contributed by atoms with van der Waals surface area (Å²) in [5, 5.41) is 18.2. The first kappa shape index (κ1) is 20.0. The van der Waals surface area contributed by atoms with Gasteiger partial charge in [0.15, 0.2) is 0 Å². The number of methoxy groups -OCH3 is 1. The van der Waals surface area contributed by atoms with Crippen LogP contribution in [-0.4, -0.2) is 22.4 Å². The molecular weight excluding hydrogens is 444 g/mol. The van der Waals surface area contributed by atoms with Gasteiger partial charge in [-0.3, -0.25) is 5.10 Å². The van der Waals surface area contributed by atoms with Crippen LogP contribution in [0.5, 0.6) is 17.2 Å². The van der Waals surface area contributed by atoms with Gasteiger partial charge in [-0.1, -0.05) is 46.3 Å². The summed E-state index contributed by atoms with van der Waals surface area (Å²) in [6.07, 6.45) is 0. The van der Waals surface area contributed by atoms with Crippen molar-refractivity contribution in [1.82, 2.24) is 10.2 Å². The first-order valence-corrected chi connectivity index (χ1v) is 10.2. The number of nitrogens with zero attached hydrogens (tertiary/aromatic N) is 1. The van der Waals surface area contributed by atoms with Gasteiger partial charge in [-0.2, -0.15) is 5.10 Å². The van der Waals surface area contributed by atoms with Gasteiger partial charge in [-0.05, 0) is 42.8 Å². The number of aryl methyl sites for hydroxylation is 1. The molecule has 4 aromatic rings. The molecule has 0 amide bonds. The number of rotatable bonds is 6. The molecule has 152 valence electrons. The number of benzene rings is 3. The highest BCUT2D eigenvalue weighted by Gasteiger charge is 2.20. The minimum absolute atomic E-state index is 0.103. The van der Waals surface area contributed by atoms with E-state index < -0.39 is 0 Å². The average Bonchev–Trinajstić information content (AvgIpc) is 3.14. The molecule has 6 heteroatoms. The highest BCUT2D eigenvalue weighted by molar-refractivity contribution is 9.10. The monoisotopic (exact) mass is 464 g/mol. The molecule has 0 bridgehead atoms. The topological polar surface area (TPSA) is 67.4 Å². The fraction of sp³-hybridized carbons (Fsp3) is 0.125. The Labute approximate surface area is 183 Å². The van der Waals surface area contributed by atoms with Crippen LogP contribution in [0, 0.1) is 6.92 Å². The summed E-state index contributed by atoms with van der Waals surface area (Å²) >= 11 is 3.42. The van der Waals surface area contributed by atoms with Gasteiger partial charge in [-0.15, -0.1) is 0 Å². The minimum atomic E-state index is 0.103. The Kier molecular flexibility index (Phi) is 5.77. The maximum Gasteiger partial charge on any atom is 0.128 e. The molecule has 0 atom stereocenters. The van der Waals surface area contributed by atoms with E-state index in [-0.39, 0.29) is 5.75 Å². The lowest BCUT2D eigenvalue weighted by Crippen LogP contribution is -1.95. The molecule has 1 aromatic heterocycles. The van der Waals surface area contributed by atoms with E-state index >= 15 is 0 Å². The van der Waals surface area contributed by atoms with Crippen molar-refractivity contribution < 1.29 is 14.6 Å². The Morgan fingerprint density at radius 1 is 1.00 bits per heavy atom. The number of phenols is 1. The van der Waals surface area contributed by atoms with Gasteiger partial charge < -0.3 is 14.6 Å². The summed E-state index contributed by atoms with van der Waals surface area (Å²) in [5.74, 6) is 1.44. The fourth-order valence-corrected chi connectivity index (χ4v) is 3.62. The van der Waals surface area contributed by atoms with Gasteiger partial charge in [0.05, 0.1) is 7.11 Å². The predicted molar refractivity (Wildman–Crippen MR) is 121 cm³/mol. The zero-order valence-corrected chi connectivity index (χ0v) is 18.2. The molecule has 4 rings (SSSR count). The number of aromatic nitrogens is 2. The number of hydrogen-bond donors (Lipinski definition) is 2. The largest absolute Gasteiger partial charge is 0.507 e. The Balaban J connectivity index is 1.63. The third-order valence-corrected chi connectivity index (χ3v) is 5.40. The number of hydrogen-bond acceptors (Lipinski definition) is 4. The van der Waals surface area contributed by atoms with E-state index in [1.807, 2.05) is 67.6 Å². The lowest BCUT2D eigenvalue weighted by Gasteiger charge is -2.12. The molecule has 5 nitrogen and oxygen atoms in total. The molecule has 0 spiro atoms. The van der Waals surface area contributed by atoms with Crippen LogP contribution in [0.2, 0.25) is 0 Å². The average molecular weight is 465 g/mol. The van der Waals surface area contributed by atoms with E-state index in [4.69, 9.17) is 9.47 Å². The first-order chi connectivity index (χ1) is 14.6. The Bertz CT molecular complexity index is 1170. The molecule has 30 heavy (non-hydrogen) atoms. The van der Waals surface area contributed by atoms with E-state index in [1.165, 1.54) is 0 Å². The van der Waals surface area contributed by atoms with Crippen LogP contribution in [-0.2, 0) is 6.61 Å². The van der Waals surface area contributed by atoms with Crippen LogP contribution in [0.1, 0.15) is 11.3 Å². The van der Waals surface area contributed by atoms with Gasteiger partial charge in [0.2, 0.25) is 0 Å². The van der Waals surface area contributed by atoms with Gasteiger partial charge in [0.25, 0.3) is 0 Å². The van der Waals surface area contributed by atoms with E-state index in [9.17, 15) is 5.11 Å². The number of nitrogens with one attached hydrogen (secondary N) is 1. The van der Waals surface area contributed by atoms with Crippen molar-refractivity contribution in [3.8, 4) is 39.6 Å². The zero-order valence-electron chi connectivity index (χ0n) is 16.6. The van der Waals surface area contributed by atoms with Crippen LogP contribution in [0.15, 0.2) is 71.2 Å². The highest BCUT2D eigenvalue weighted by Crippen LogP contribution is 2.41. The molecule has 0 saturated heterocycles. The maximum atomic E-state index is 10.7. The second kappa shape index (κ2) is 8.63. The standard InChI is InChI=1S/C24H21BrN2O3/c1-15-23(20-5-3-4-6-22(20)29-2)24(27-26-15)19-12-11-18(13-21(19)28)30-14-16-7-9-17(25)10-8-16/h3-13,28H,14H2,1-2H3,(H,26,27). The quantitative estimate of drug-likeness (QED) is 0.361. The van der Waals surface area contributed by atoms with E-state index in [1.54, 1.807) is 13.2 Å². The lowest BCUT2D eigenvalue weighted by molar-refractivity contribution is 0.304. The smallest absolute Gasteiger partial charge is 0.128 e. The number of H-pyrrole nitrogens is 1. The Morgan fingerprint density at radius 2 is 1.77 bits per heavy atom. The van der Waals surface area contributed by atoms with E-state index in [0.717, 1.165) is 32.6 Å². The molecule has 1 heterocycles. The summed E-state index contributed by atoms with van der Waals surface area (Å²) in [6.45, 7) is 2.37. The van der Waals surface area contributed by atoms with Crippen molar-refractivity contribution in [3.05, 3.63) is 82.5 Å². The third-order valence-electron chi connectivity index (χ3n) is 4.87. The van der Waals surface area contributed by atoms with Crippen molar-refractivity contribution in [2.45, 2.75) is 13.5 Å². The molecule has 0 radical (unpaired) electrons. The van der Waals surface area contributed by atoms with E-state index in [0.29, 0.717) is 23.6 Å². The van der Waals surface area contributed by atoms with Crippen LogP contribution in [0.25, 0.3) is 22.4 Å². The SMILES string of the molecule is COc1ccccc1-c1c(-c2ccc(OCc3ccc(Br)cc3)cc2O)n[nH]c1C. The van der Waals surface area contributed by atoms with Crippen molar-refractivity contribution in [1.29, 1.82) is 0 Å². The molecule has 0 unspecified atom stereocenters. The number of ether oxygens (including phenoxy) is 2. The van der Waals surface area contributed by atoms with Crippen LogP contribution in [0.3, 0.4) is 0 Å². The summed E-state index contributed by atoms with van der Waals surface area (Å²) in [4.78, 5) is 0. The molecule has 0 aliphatic rings. The van der Waals surface area contributed by atoms with Crippen LogP contribution in [0.4, 0.5) is 0 Å². The molecule has 0 aliphatic heterocycles. The maximum absolute atomic E-state index is 10.7. The highest BCUT2D eigenvalue weighted by atomic mass is 79.9. The molecule has 3 aromatic carbocycles. The lowest BCUT2D eigenvalue weighted by atomic mass is 9.98. The molecule has 0 saturated carbocycles. The fourth-order valence-electron chi connectivity index (χ4n) is 3.35. The minimum Gasteiger partial charge on any atom is -0.507 e. The van der Waals surface area contributed by atoms with Gasteiger partial charge >= 0.3 is 0 Å². The summed E-state index contributed by atoms with van der Waals surface area (Å²) in [6, 6.07) is 21.0. The van der Waals surface area contributed by atoms with Gasteiger partial charge in [-0.25, -0.2) is 0 Å². The third kappa shape index (κ3) is 4.04. The number of aromatic amines is 1. The Hall–Kier alpha value is -3.25. The molecule has 2 N–H and O–H groups in total. The Morgan fingerprint density at radius 3 is 2.50 bits per heavy atom. The van der Waals surface area contributed by atoms with Crippen molar-refractivity contribution >= 4 is 15.9 Å². The second-order valence-electron chi connectivity index (χ2n) is 6.87. The van der Waals surface area contributed by atoms with Crippen molar-refractivity contribution in [2.24, 2.45) is 0 Å². The molecular formula is C24H21BrN2O3. The normalized spacial score (nSPS) is 10.8. The predicted octanol–water partition coefficient (Wildman–Crippen LogP) is 6.11. The summed E-state index contributed by atoms with van der Waals surface area (Å²) < 4.78 is 12.4.